The maximum absolute atomic E-state index is 6.01. The molecule has 1 fully saturated rings. The lowest BCUT2D eigenvalue weighted by molar-refractivity contribution is -0.0601. The minimum Gasteiger partial charge on any atom is -0.369 e. The molecule has 2 rings (SSSR count). The van der Waals surface area contributed by atoms with Gasteiger partial charge < -0.3 is 10.5 Å². The van der Waals surface area contributed by atoms with Gasteiger partial charge in [0.15, 0.2) is 0 Å². The van der Waals surface area contributed by atoms with Crippen LogP contribution in [0, 0.1) is 5.92 Å². The van der Waals surface area contributed by atoms with Gasteiger partial charge in [-0.25, -0.2) is 0 Å². The molecule has 2 heteroatoms. The third-order valence-corrected chi connectivity index (χ3v) is 2.95. The third-order valence-electron chi connectivity index (χ3n) is 2.95. The standard InChI is InChI=1S/C11H17NO/c1-2-10-9(12)7-8-5-3-4-6-11(8)13-10/h3-6,8-11H,2,7,12H2,1H3. The lowest BCUT2D eigenvalue weighted by Gasteiger charge is -2.38. The zero-order valence-electron chi connectivity index (χ0n) is 8.02. The number of nitrogens with two attached hydrogens (primary N) is 1. The Balaban J connectivity index is 2.06. The monoisotopic (exact) mass is 179 g/mol. The van der Waals surface area contributed by atoms with Crippen molar-refractivity contribution in [2.75, 3.05) is 0 Å². The first-order valence-electron chi connectivity index (χ1n) is 5.07. The van der Waals surface area contributed by atoms with Crippen LogP contribution < -0.4 is 5.73 Å². The normalized spacial score (nSPS) is 43.2. The topological polar surface area (TPSA) is 35.2 Å². The molecule has 4 unspecified atom stereocenters. The quantitative estimate of drug-likeness (QED) is 0.664. The molecular weight excluding hydrogens is 162 g/mol. The van der Waals surface area contributed by atoms with Crippen LogP contribution in [-0.4, -0.2) is 18.2 Å². The molecule has 1 heterocycles. The van der Waals surface area contributed by atoms with E-state index in [0.29, 0.717) is 5.92 Å². The van der Waals surface area contributed by atoms with Crippen molar-refractivity contribution in [3.63, 3.8) is 0 Å². The van der Waals surface area contributed by atoms with Crippen LogP contribution >= 0.6 is 0 Å². The highest BCUT2D eigenvalue weighted by atomic mass is 16.5. The molecule has 1 aliphatic carbocycles. The van der Waals surface area contributed by atoms with Crippen molar-refractivity contribution in [1.29, 1.82) is 0 Å². The highest BCUT2D eigenvalue weighted by Gasteiger charge is 2.33. The molecule has 0 aromatic heterocycles. The molecule has 4 atom stereocenters. The van der Waals surface area contributed by atoms with Crippen molar-refractivity contribution in [2.45, 2.75) is 38.0 Å². The van der Waals surface area contributed by atoms with E-state index in [9.17, 15) is 0 Å². The van der Waals surface area contributed by atoms with E-state index in [4.69, 9.17) is 10.5 Å². The van der Waals surface area contributed by atoms with E-state index in [1.165, 1.54) is 0 Å². The van der Waals surface area contributed by atoms with Crippen LogP contribution in [0.5, 0.6) is 0 Å². The van der Waals surface area contributed by atoms with Gasteiger partial charge >= 0.3 is 0 Å². The maximum atomic E-state index is 6.01. The molecule has 2 aliphatic rings. The highest BCUT2D eigenvalue weighted by Crippen LogP contribution is 2.29. The number of fused-ring (bicyclic) bond motifs is 1. The Labute approximate surface area is 79.5 Å². The van der Waals surface area contributed by atoms with Crippen LogP contribution in [0.2, 0.25) is 0 Å². The zero-order valence-corrected chi connectivity index (χ0v) is 8.02. The van der Waals surface area contributed by atoms with Gasteiger partial charge in [-0.15, -0.1) is 0 Å². The Hall–Kier alpha value is -0.600. The van der Waals surface area contributed by atoms with Crippen molar-refractivity contribution in [3.8, 4) is 0 Å². The van der Waals surface area contributed by atoms with Crippen LogP contribution in [-0.2, 0) is 4.74 Å². The summed E-state index contributed by atoms with van der Waals surface area (Å²) in [6, 6.07) is 0.211. The van der Waals surface area contributed by atoms with Gasteiger partial charge in [0.2, 0.25) is 0 Å². The van der Waals surface area contributed by atoms with Gasteiger partial charge in [-0.05, 0) is 12.8 Å². The Morgan fingerprint density at radius 3 is 2.92 bits per heavy atom. The summed E-state index contributed by atoms with van der Waals surface area (Å²) in [6.45, 7) is 2.13. The molecule has 1 aliphatic heterocycles. The average Bonchev–Trinajstić information content (AvgIpc) is 2.17. The SMILES string of the molecule is CCC1OC2C=CC=CC2CC1N. The first kappa shape index (κ1) is 8.97. The van der Waals surface area contributed by atoms with Gasteiger partial charge in [-0.2, -0.15) is 0 Å². The van der Waals surface area contributed by atoms with Crippen LogP contribution in [0.1, 0.15) is 19.8 Å². The van der Waals surface area contributed by atoms with Crippen LogP contribution in [0.15, 0.2) is 24.3 Å². The van der Waals surface area contributed by atoms with E-state index < -0.39 is 0 Å². The summed E-state index contributed by atoms with van der Waals surface area (Å²) in [6.07, 6.45) is 11.1. The summed E-state index contributed by atoms with van der Waals surface area (Å²) in [4.78, 5) is 0. The fraction of sp³-hybridized carbons (Fsp3) is 0.636. The number of hydrogen-bond donors (Lipinski definition) is 1. The average molecular weight is 179 g/mol. The summed E-state index contributed by atoms with van der Waals surface area (Å²) >= 11 is 0. The minimum absolute atomic E-state index is 0.211. The molecule has 0 bridgehead atoms. The van der Waals surface area contributed by atoms with Gasteiger partial charge in [-0.3, -0.25) is 0 Å². The molecule has 0 aromatic carbocycles. The molecule has 1 saturated heterocycles. The predicted octanol–water partition coefficient (Wildman–Crippen LogP) is 1.62. The Kier molecular flexibility index (Phi) is 2.51. The Bertz CT molecular complexity index is 234. The fourth-order valence-electron chi connectivity index (χ4n) is 2.16. The smallest absolute Gasteiger partial charge is 0.0826 e. The summed E-state index contributed by atoms with van der Waals surface area (Å²) in [5, 5.41) is 0. The molecule has 72 valence electrons. The molecule has 2 nitrogen and oxygen atoms in total. The second-order valence-electron chi connectivity index (χ2n) is 3.88. The second-order valence-corrected chi connectivity index (χ2v) is 3.88. The minimum atomic E-state index is 0.211. The predicted molar refractivity (Wildman–Crippen MR) is 53.3 cm³/mol. The van der Waals surface area contributed by atoms with Crippen LogP contribution in [0.4, 0.5) is 0 Å². The Morgan fingerprint density at radius 2 is 2.15 bits per heavy atom. The molecule has 0 saturated carbocycles. The first-order chi connectivity index (χ1) is 6.31. The van der Waals surface area contributed by atoms with Gasteiger partial charge in [0.05, 0.1) is 12.2 Å². The summed E-state index contributed by atoms with van der Waals surface area (Å²) in [5.74, 6) is 0.503. The van der Waals surface area contributed by atoms with Crippen molar-refractivity contribution in [2.24, 2.45) is 11.7 Å². The molecule has 2 N–H and O–H groups in total. The van der Waals surface area contributed by atoms with Gasteiger partial charge in [0.1, 0.15) is 0 Å². The fourth-order valence-corrected chi connectivity index (χ4v) is 2.16. The largest absolute Gasteiger partial charge is 0.369 e. The summed E-state index contributed by atoms with van der Waals surface area (Å²) in [5.41, 5.74) is 6.01. The molecular formula is C11H17NO. The first-order valence-corrected chi connectivity index (χ1v) is 5.07. The van der Waals surface area contributed by atoms with Crippen molar-refractivity contribution >= 4 is 0 Å². The van der Waals surface area contributed by atoms with E-state index in [1.54, 1.807) is 0 Å². The number of rotatable bonds is 1. The van der Waals surface area contributed by atoms with E-state index in [2.05, 4.69) is 31.2 Å². The van der Waals surface area contributed by atoms with Gasteiger partial charge in [-0.1, -0.05) is 31.2 Å². The Morgan fingerprint density at radius 1 is 1.38 bits per heavy atom. The lowest BCUT2D eigenvalue weighted by atomic mass is 9.85. The number of hydrogen-bond acceptors (Lipinski definition) is 2. The van der Waals surface area contributed by atoms with Crippen molar-refractivity contribution in [3.05, 3.63) is 24.3 Å². The third kappa shape index (κ3) is 1.69. The number of allylic oxidation sites excluding steroid dienone is 2. The van der Waals surface area contributed by atoms with Gasteiger partial charge in [0.25, 0.3) is 0 Å². The zero-order chi connectivity index (χ0) is 9.26. The molecule has 0 amide bonds. The second kappa shape index (κ2) is 3.64. The van der Waals surface area contributed by atoms with E-state index >= 15 is 0 Å². The maximum Gasteiger partial charge on any atom is 0.0826 e. The van der Waals surface area contributed by atoms with Crippen LogP contribution in [0.3, 0.4) is 0 Å². The molecule has 0 radical (unpaired) electrons. The van der Waals surface area contributed by atoms with Crippen molar-refractivity contribution < 1.29 is 4.74 Å². The lowest BCUT2D eigenvalue weighted by Crippen LogP contribution is -2.47. The van der Waals surface area contributed by atoms with E-state index in [1.807, 2.05) is 0 Å². The van der Waals surface area contributed by atoms with E-state index in [-0.39, 0.29) is 18.2 Å². The number of ether oxygens (including phenoxy) is 1. The summed E-state index contributed by atoms with van der Waals surface area (Å²) in [7, 11) is 0. The summed E-state index contributed by atoms with van der Waals surface area (Å²) < 4.78 is 5.89. The van der Waals surface area contributed by atoms with E-state index in [0.717, 1.165) is 12.8 Å². The molecule has 13 heavy (non-hydrogen) atoms. The molecule has 0 spiro atoms. The van der Waals surface area contributed by atoms with Gasteiger partial charge in [0, 0.05) is 12.0 Å². The van der Waals surface area contributed by atoms with Crippen LogP contribution in [0.25, 0.3) is 0 Å². The molecule has 0 aromatic rings. The van der Waals surface area contributed by atoms with Crippen molar-refractivity contribution in [1.82, 2.24) is 0 Å². The highest BCUT2D eigenvalue weighted by molar-refractivity contribution is 5.17.